The molecule has 0 aromatic heterocycles. The third kappa shape index (κ3) is 3.15. The molecule has 0 saturated carbocycles. The molecule has 96 valence electrons. The quantitative estimate of drug-likeness (QED) is 0.776. The van der Waals surface area contributed by atoms with Crippen LogP contribution in [-0.4, -0.2) is 57.2 Å². The minimum Gasteiger partial charge on any atom is -0.480 e. The van der Waals surface area contributed by atoms with Gasteiger partial charge < -0.3 is 14.9 Å². The first-order valence-corrected chi connectivity index (χ1v) is 6.63. The molecule has 5 nitrogen and oxygen atoms in total. The van der Waals surface area contributed by atoms with Gasteiger partial charge in [0.25, 0.3) is 0 Å². The van der Waals surface area contributed by atoms with Crippen LogP contribution in [0, 0.1) is 0 Å². The van der Waals surface area contributed by atoms with E-state index in [0.29, 0.717) is 18.2 Å². The van der Waals surface area contributed by atoms with E-state index < -0.39 is 12.0 Å². The smallest absolute Gasteiger partial charge is 0.327 e. The van der Waals surface area contributed by atoms with Gasteiger partial charge in [0.2, 0.25) is 0 Å². The minimum absolute atomic E-state index is 0.0283. The van der Waals surface area contributed by atoms with Crippen molar-refractivity contribution in [2.24, 2.45) is 0 Å². The lowest BCUT2D eigenvalue weighted by Crippen LogP contribution is -2.50. The van der Waals surface area contributed by atoms with Crippen LogP contribution in [-0.2, 0) is 4.79 Å². The molecule has 0 spiro atoms. The van der Waals surface area contributed by atoms with E-state index in [1.165, 1.54) is 16.7 Å². The second-order valence-corrected chi connectivity index (χ2v) is 5.14. The predicted molar refractivity (Wildman–Crippen MR) is 68.0 cm³/mol. The Morgan fingerprint density at radius 1 is 1.65 bits per heavy atom. The van der Waals surface area contributed by atoms with Gasteiger partial charge in [-0.15, -0.1) is 18.3 Å². The highest BCUT2D eigenvalue weighted by atomic mass is 32.2. The third-order valence-electron chi connectivity index (χ3n) is 2.61. The summed E-state index contributed by atoms with van der Waals surface area (Å²) in [6, 6.07) is -0.906. The number of thioether (sulfide) groups is 1. The van der Waals surface area contributed by atoms with Crippen molar-refractivity contribution in [2.45, 2.75) is 25.9 Å². The lowest BCUT2D eigenvalue weighted by molar-refractivity contribution is -0.141. The molecule has 1 aliphatic rings. The van der Waals surface area contributed by atoms with E-state index in [9.17, 15) is 9.59 Å². The maximum atomic E-state index is 12.2. The van der Waals surface area contributed by atoms with E-state index in [0.717, 1.165) is 0 Å². The fourth-order valence-electron chi connectivity index (χ4n) is 1.65. The Labute approximate surface area is 105 Å². The number of amides is 2. The molecule has 6 heteroatoms. The third-order valence-corrected chi connectivity index (χ3v) is 3.62. The van der Waals surface area contributed by atoms with Gasteiger partial charge in [-0.1, -0.05) is 6.08 Å². The van der Waals surface area contributed by atoms with Crippen LogP contribution in [0.25, 0.3) is 0 Å². The molecule has 1 rings (SSSR count). The first kappa shape index (κ1) is 13.9. The molecule has 1 fully saturated rings. The summed E-state index contributed by atoms with van der Waals surface area (Å²) in [6.07, 6.45) is 1.65. The topological polar surface area (TPSA) is 60.9 Å². The molecule has 1 saturated heterocycles. The van der Waals surface area contributed by atoms with Crippen LogP contribution < -0.4 is 0 Å². The van der Waals surface area contributed by atoms with E-state index in [-0.39, 0.29) is 12.1 Å². The predicted octanol–water partition coefficient (Wildman–Crippen LogP) is 1.46. The highest BCUT2D eigenvalue weighted by Crippen LogP contribution is 2.23. The molecule has 0 radical (unpaired) electrons. The Bertz CT molecular complexity index is 320. The number of carboxylic acids is 1. The molecule has 1 atom stereocenters. The molecule has 1 heterocycles. The van der Waals surface area contributed by atoms with Crippen molar-refractivity contribution in [3.63, 3.8) is 0 Å². The number of rotatable bonds is 4. The number of carboxylic acid groups (broad SMARTS) is 1. The van der Waals surface area contributed by atoms with Gasteiger partial charge in [-0.3, -0.25) is 0 Å². The Hall–Kier alpha value is -1.17. The van der Waals surface area contributed by atoms with Gasteiger partial charge in [0.15, 0.2) is 0 Å². The Morgan fingerprint density at radius 2 is 2.29 bits per heavy atom. The molecule has 2 amide bonds. The van der Waals surface area contributed by atoms with Crippen molar-refractivity contribution in [3.8, 4) is 0 Å². The van der Waals surface area contributed by atoms with Crippen molar-refractivity contribution in [1.29, 1.82) is 0 Å². The largest absolute Gasteiger partial charge is 0.480 e. The number of aliphatic carboxylic acids is 1. The van der Waals surface area contributed by atoms with Crippen LogP contribution in [0.4, 0.5) is 4.79 Å². The van der Waals surface area contributed by atoms with Gasteiger partial charge in [-0.05, 0) is 13.8 Å². The summed E-state index contributed by atoms with van der Waals surface area (Å²) in [7, 11) is 0. The minimum atomic E-state index is -0.939. The normalized spacial score (nSPS) is 19.5. The van der Waals surface area contributed by atoms with E-state index >= 15 is 0 Å². The summed E-state index contributed by atoms with van der Waals surface area (Å²) in [6.45, 7) is 7.85. The number of nitrogens with zero attached hydrogens (tertiary/aromatic N) is 2. The van der Waals surface area contributed by atoms with Gasteiger partial charge in [-0.25, -0.2) is 9.59 Å². The van der Waals surface area contributed by atoms with Crippen LogP contribution in [0.15, 0.2) is 12.7 Å². The highest BCUT2D eigenvalue weighted by molar-refractivity contribution is 7.99. The zero-order valence-electron chi connectivity index (χ0n) is 10.1. The second-order valence-electron chi connectivity index (χ2n) is 4.14. The molecule has 0 bridgehead atoms. The van der Waals surface area contributed by atoms with Crippen molar-refractivity contribution >= 4 is 23.8 Å². The summed E-state index contributed by atoms with van der Waals surface area (Å²) in [5, 5.41) is 9.04. The monoisotopic (exact) mass is 258 g/mol. The number of urea groups is 1. The van der Waals surface area contributed by atoms with E-state index in [1.807, 2.05) is 13.8 Å². The molecule has 0 aromatic rings. The average molecular weight is 258 g/mol. The number of carbonyl (C=O) groups excluding carboxylic acids is 1. The molecular weight excluding hydrogens is 240 g/mol. The van der Waals surface area contributed by atoms with E-state index in [2.05, 4.69) is 6.58 Å². The summed E-state index contributed by atoms with van der Waals surface area (Å²) in [5.74, 6) is -0.0391. The van der Waals surface area contributed by atoms with Crippen LogP contribution in [0.3, 0.4) is 0 Å². The maximum Gasteiger partial charge on any atom is 0.327 e. The van der Waals surface area contributed by atoms with Crippen molar-refractivity contribution in [2.75, 3.05) is 18.2 Å². The molecule has 1 unspecified atom stereocenters. The first-order valence-electron chi connectivity index (χ1n) is 5.47. The molecule has 1 aliphatic heterocycles. The lowest BCUT2D eigenvalue weighted by atomic mass is 10.3. The number of hydrogen-bond donors (Lipinski definition) is 1. The summed E-state index contributed by atoms with van der Waals surface area (Å²) < 4.78 is 0. The molecule has 17 heavy (non-hydrogen) atoms. The average Bonchev–Trinajstić information content (AvgIpc) is 2.73. The standard InChI is InChI=1S/C11H18N2O3S/c1-4-5-12(8(2)3)11(16)13-7-17-6-9(13)10(14)15/h4,8-9H,1,5-7H2,2-3H3,(H,14,15). The summed E-state index contributed by atoms with van der Waals surface area (Å²) >= 11 is 1.47. The van der Waals surface area contributed by atoms with Crippen LogP contribution >= 0.6 is 11.8 Å². The SMILES string of the molecule is C=CCN(C(=O)N1CSCC1C(=O)O)C(C)C. The van der Waals surface area contributed by atoms with E-state index in [4.69, 9.17) is 5.11 Å². The zero-order chi connectivity index (χ0) is 13.0. The Balaban J connectivity index is 2.79. The maximum absolute atomic E-state index is 12.2. The van der Waals surface area contributed by atoms with Gasteiger partial charge >= 0.3 is 12.0 Å². The Kier molecular flexibility index (Phi) is 4.86. The molecule has 1 N–H and O–H groups in total. The molecule has 0 aliphatic carbocycles. The van der Waals surface area contributed by atoms with Gasteiger partial charge in [0.1, 0.15) is 6.04 Å². The van der Waals surface area contributed by atoms with Gasteiger partial charge in [0, 0.05) is 18.3 Å². The summed E-state index contributed by atoms with van der Waals surface area (Å²) in [5.41, 5.74) is 0. The van der Waals surface area contributed by atoms with E-state index in [1.54, 1.807) is 11.0 Å². The van der Waals surface area contributed by atoms with Gasteiger partial charge in [-0.2, -0.15) is 0 Å². The molecular formula is C11H18N2O3S. The second kappa shape index (κ2) is 5.95. The van der Waals surface area contributed by atoms with Crippen LogP contribution in [0.1, 0.15) is 13.8 Å². The Morgan fingerprint density at radius 3 is 2.76 bits per heavy atom. The highest BCUT2D eigenvalue weighted by Gasteiger charge is 2.37. The van der Waals surface area contributed by atoms with Crippen LogP contribution in [0.5, 0.6) is 0 Å². The molecule has 0 aromatic carbocycles. The first-order chi connectivity index (χ1) is 7.99. The fraction of sp³-hybridized carbons (Fsp3) is 0.636. The summed E-state index contributed by atoms with van der Waals surface area (Å²) in [4.78, 5) is 26.3. The number of hydrogen-bond acceptors (Lipinski definition) is 3. The van der Waals surface area contributed by atoms with Crippen molar-refractivity contribution in [3.05, 3.63) is 12.7 Å². The zero-order valence-corrected chi connectivity index (χ0v) is 10.9. The van der Waals surface area contributed by atoms with Crippen LogP contribution in [0.2, 0.25) is 0 Å². The van der Waals surface area contributed by atoms with Gasteiger partial charge in [0.05, 0.1) is 5.88 Å². The van der Waals surface area contributed by atoms with Crippen molar-refractivity contribution < 1.29 is 14.7 Å². The number of carbonyl (C=O) groups is 2. The fourth-order valence-corrected chi connectivity index (χ4v) is 2.79. The van der Waals surface area contributed by atoms with Crippen molar-refractivity contribution in [1.82, 2.24) is 9.80 Å². The lowest BCUT2D eigenvalue weighted by Gasteiger charge is -2.31.